The molecular formula is C16H21N5O2. The number of aryl methyl sites for hydroxylation is 1. The Morgan fingerprint density at radius 2 is 2.22 bits per heavy atom. The fraction of sp³-hybridized carbons (Fsp3) is 0.438. The predicted octanol–water partition coefficient (Wildman–Crippen LogP) is 1.22. The Hall–Kier alpha value is -2.41. The standard InChI is InChI=1S/C16H21N5O2/c1-12-14(10-18-19-12)11-20(2)15-9-13(3-4-17-15)16(22)21-5-7-23-8-6-21/h3-4,9-10H,5-8,11H2,1-2H3,(H,18,19). The van der Waals surface area contributed by atoms with Gasteiger partial charge in [-0.2, -0.15) is 5.10 Å². The van der Waals surface area contributed by atoms with Gasteiger partial charge >= 0.3 is 0 Å². The van der Waals surface area contributed by atoms with E-state index in [0.717, 1.165) is 17.1 Å². The van der Waals surface area contributed by atoms with Crippen molar-refractivity contribution in [1.29, 1.82) is 0 Å². The van der Waals surface area contributed by atoms with Crippen LogP contribution in [0, 0.1) is 6.92 Å². The van der Waals surface area contributed by atoms with Gasteiger partial charge in [0.1, 0.15) is 5.82 Å². The summed E-state index contributed by atoms with van der Waals surface area (Å²) in [6, 6.07) is 3.60. The molecule has 7 heteroatoms. The Labute approximate surface area is 135 Å². The summed E-state index contributed by atoms with van der Waals surface area (Å²) in [5.41, 5.74) is 2.81. The Morgan fingerprint density at radius 3 is 2.91 bits per heavy atom. The summed E-state index contributed by atoms with van der Waals surface area (Å²) in [7, 11) is 1.96. The number of anilines is 1. The van der Waals surface area contributed by atoms with Crippen molar-refractivity contribution in [2.75, 3.05) is 38.3 Å². The number of nitrogens with one attached hydrogen (secondary N) is 1. The number of carbonyl (C=O) groups excluding carboxylic acids is 1. The second-order valence-corrected chi connectivity index (χ2v) is 5.68. The number of hydrogen-bond acceptors (Lipinski definition) is 5. The van der Waals surface area contributed by atoms with Crippen molar-refractivity contribution in [3.05, 3.63) is 41.3 Å². The van der Waals surface area contributed by atoms with Gasteiger partial charge in [-0.1, -0.05) is 0 Å². The highest BCUT2D eigenvalue weighted by atomic mass is 16.5. The average molecular weight is 315 g/mol. The van der Waals surface area contributed by atoms with E-state index in [1.165, 1.54) is 0 Å². The zero-order chi connectivity index (χ0) is 16.2. The molecular weight excluding hydrogens is 294 g/mol. The van der Waals surface area contributed by atoms with Crippen LogP contribution in [0.4, 0.5) is 5.82 Å². The number of hydrogen-bond donors (Lipinski definition) is 1. The molecule has 0 radical (unpaired) electrons. The third-order valence-corrected chi connectivity index (χ3v) is 4.02. The van der Waals surface area contributed by atoms with Crippen LogP contribution in [-0.4, -0.2) is 59.3 Å². The largest absolute Gasteiger partial charge is 0.378 e. The third-order valence-electron chi connectivity index (χ3n) is 4.02. The minimum Gasteiger partial charge on any atom is -0.378 e. The van der Waals surface area contributed by atoms with Gasteiger partial charge in [0.25, 0.3) is 5.91 Å². The van der Waals surface area contributed by atoms with E-state index < -0.39 is 0 Å². The number of ether oxygens (including phenoxy) is 1. The number of rotatable bonds is 4. The van der Waals surface area contributed by atoms with Crippen molar-refractivity contribution in [2.45, 2.75) is 13.5 Å². The highest BCUT2D eigenvalue weighted by Gasteiger charge is 2.19. The molecule has 3 heterocycles. The van der Waals surface area contributed by atoms with Gasteiger partial charge in [0.15, 0.2) is 0 Å². The van der Waals surface area contributed by atoms with E-state index >= 15 is 0 Å². The molecule has 23 heavy (non-hydrogen) atoms. The molecule has 2 aromatic rings. The van der Waals surface area contributed by atoms with Crippen LogP contribution in [0.15, 0.2) is 24.5 Å². The van der Waals surface area contributed by atoms with Crippen molar-refractivity contribution in [1.82, 2.24) is 20.1 Å². The summed E-state index contributed by atoms with van der Waals surface area (Å²) in [5.74, 6) is 0.801. The molecule has 0 spiro atoms. The molecule has 1 amide bonds. The van der Waals surface area contributed by atoms with Gasteiger partial charge in [-0.15, -0.1) is 0 Å². The molecule has 1 aliphatic rings. The van der Waals surface area contributed by atoms with Gasteiger partial charge in [0.05, 0.1) is 19.4 Å². The van der Waals surface area contributed by atoms with Gasteiger partial charge < -0.3 is 14.5 Å². The lowest BCUT2D eigenvalue weighted by Gasteiger charge is -2.27. The predicted molar refractivity (Wildman–Crippen MR) is 86.4 cm³/mol. The second kappa shape index (κ2) is 6.78. The zero-order valence-electron chi connectivity index (χ0n) is 13.5. The number of pyridine rings is 1. The highest BCUT2D eigenvalue weighted by Crippen LogP contribution is 2.17. The maximum atomic E-state index is 12.6. The van der Waals surface area contributed by atoms with Gasteiger partial charge in [-0.3, -0.25) is 9.89 Å². The molecule has 2 aromatic heterocycles. The summed E-state index contributed by atoms with van der Waals surface area (Å²) < 4.78 is 5.29. The molecule has 0 atom stereocenters. The second-order valence-electron chi connectivity index (χ2n) is 5.68. The first-order valence-electron chi connectivity index (χ1n) is 7.68. The molecule has 1 aliphatic heterocycles. The maximum Gasteiger partial charge on any atom is 0.254 e. The van der Waals surface area contributed by atoms with E-state index in [2.05, 4.69) is 15.2 Å². The Balaban J connectivity index is 1.73. The fourth-order valence-corrected chi connectivity index (χ4v) is 2.58. The molecule has 0 saturated carbocycles. The molecule has 1 N–H and O–H groups in total. The molecule has 0 aliphatic carbocycles. The molecule has 1 saturated heterocycles. The van der Waals surface area contributed by atoms with Crippen molar-refractivity contribution >= 4 is 11.7 Å². The first-order valence-corrected chi connectivity index (χ1v) is 7.68. The summed E-state index contributed by atoms with van der Waals surface area (Å²) in [5, 5.41) is 6.96. The minimum absolute atomic E-state index is 0.0323. The van der Waals surface area contributed by atoms with Crippen LogP contribution in [0.1, 0.15) is 21.6 Å². The van der Waals surface area contributed by atoms with E-state index in [1.54, 1.807) is 12.3 Å². The fourth-order valence-electron chi connectivity index (χ4n) is 2.58. The number of aromatic amines is 1. The van der Waals surface area contributed by atoms with E-state index in [-0.39, 0.29) is 5.91 Å². The molecule has 0 aromatic carbocycles. The van der Waals surface area contributed by atoms with Crippen LogP contribution < -0.4 is 4.90 Å². The number of morpholine rings is 1. The Kier molecular flexibility index (Phi) is 4.57. The lowest BCUT2D eigenvalue weighted by atomic mass is 10.2. The quantitative estimate of drug-likeness (QED) is 0.918. The molecule has 7 nitrogen and oxygen atoms in total. The molecule has 0 bridgehead atoms. The summed E-state index contributed by atoms with van der Waals surface area (Å²) >= 11 is 0. The number of carbonyl (C=O) groups is 1. The van der Waals surface area contributed by atoms with Crippen molar-refractivity contribution in [3.8, 4) is 0 Å². The summed E-state index contributed by atoms with van der Waals surface area (Å²) in [6.45, 7) is 5.15. The normalized spacial score (nSPS) is 14.8. The van der Waals surface area contributed by atoms with Crippen LogP contribution in [0.2, 0.25) is 0 Å². The molecule has 122 valence electrons. The third kappa shape index (κ3) is 3.50. The zero-order valence-corrected chi connectivity index (χ0v) is 13.5. The van der Waals surface area contributed by atoms with Crippen LogP contribution in [-0.2, 0) is 11.3 Å². The number of nitrogens with zero attached hydrogens (tertiary/aromatic N) is 4. The Bertz CT molecular complexity index is 679. The van der Waals surface area contributed by atoms with Crippen molar-refractivity contribution < 1.29 is 9.53 Å². The number of H-pyrrole nitrogens is 1. The Morgan fingerprint density at radius 1 is 1.43 bits per heavy atom. The van der Waals surface area contributed by atoms with Gasteiger partial charge in [-0.05, 0) is 19.1 Å². The van der Waals surface area contributed by atoms with Crippen LogP contribution in [0.3, 0.4) is 0 Å². The first kappa shape index (κ1) is 15.5. The van der Waals surface area contributed by atoms with Gasteiger partial charge in [-0.25, -0.2) is 4.98 Å². The van der Waals surface area contributed by atoms with Crippen LogP contribution in [0.25, 0.3) is 0 Å². The SMILES string of the molecule is Cc1[nH]ncc1CN(C)c1cc(C(=O)N2CCOCC2)ccn1. The summed E-state index contributed by atoms with van der Waals surface area (Å²) in [4.78, 5) is 20.8. The maximum absolute atomic E-state index is 12.6. The first-order chi connectivity index (χ1) is 11.1. The van der Waals surface area contributed by atoms with Crippen molar-refractivity contribution in [2.24, 2.45) is 0 Å². The number of aromatic nitrogens is 3. The van der Waals surface area contributed by atoms with E-state index in [9.17, 15) is 4.79 Å². The van der Waals surface area contributed by atoms with Crippen LogP contribution in [0.5, 0.6) is 0 Å². The molecule has 0 unspecified atom stereocenters. The molecule has 3 rings (SSSR count). The minimum atomic E-state index is 0.0323. The van der Waals surface area contributed by atoms with Crippen LogP contribution >= 0.6 is 0 Å². The van der Waals surface area contributed by atoms with E-state index in [0.29, 0.717) is 38.4 Å². The molecule has 1 fully saturated rings. The average Bonchev–Trinajstić information content (AvgIpc) is 3.00. The lowest BCUT2D eigenvalue weighted by molar-refractivity contribution is 0.0303. The highest BCUT2D eigenvalue weighted by molar-refractivity contribution is 5.94. The van der Waals surface area contributed by atoms with E-state index in [4.69, 9.17) is 4.74 Å². The van der Waals surface area contributed by atoms with Gasteiger partial charge in [0, 0.05) is 49.7 Å². The monoisotopic (exact) mass is 315 g/mol. The van der Waals surface area contributed by atoms with Crippen molar-refractivity contribution in [3.63, 3.8) is 0 Å². The number of amides is 1. The van der Waals surface area contributed by atoms with E-state index in [1.807, 2.05) is 36.0 Å². The smallest absolute Gasteiger partial charge is 0.254 e. The topological polar surface area (TPSA) is 74.4 Å². The lowest BCUT2D eigenvalue weighted by Crippen LogP contribution is -2.40. The summed E-state index contributed by atoms with van der Waals surface area (Å²) in [6.07, 6.45) is 3.50. The van der Waals surface area contributed by atoms with Gasteiger partial charge in [0.2, 0.25) is 0 Å².